The second kappa shape index (κ2) is 14.1. The number of piperazine rings is 1. The van der Waals surface area contributed by atoms with Crippen molar-refractivity contribution in [1.82, 2.24) is 29.5 Å². The molecule has 0 N–H and O–H groups in total. The lowest BCUT2D eigenvalue weighted by Gasteiger charge is -2.33. The summed E-state index contributed by atoms with van der Waals surface area (Å²) in [5.41, 5.74) is 4.37. The van der Waals surface area contributed by atoms with Crippen LogP contribution in [0.2, 0.25) is 10.0 Å². The van der Waals surface area contributed by atoms with Gasteiger partial charge in [0.05, 0.1) is 16.5 Å². The van der Waals surface area contributed by atoms with E-state index in [-0.39, 0.29) is 5.91 Å². The van der Waals surface area contributed by atoms with Crippen molar-refractivity contribution in [3.8, 4) is 17.1 Å². The van der Waals surface area contributed by atoms with Crippen LogP contribution in [-0.4, -0.2) is 68.2 Å². The van der Waals surface area contributed by atoms with Gasteiger partial charge in [-0.1, -0.05) is 95.6 Å². The van der Waals surface area contributed by atoms with Gasteiger partial charge in [-0.25, -0.2) is 4.98 Å². The third kappa shape index (κ3) is 7.08. The number of amides is 1. The molecule has 3 aromatic carbocycles. The minimum Gasteiger partial charge on any atom is -0.335 e. The Morgan fingerprint density at radius 3 is 2.55 bits per heavy atom. The van der Waals surface area contributed by atoms with Crippen LogP contribution in [0.1, 0.15) is 26.6 Å². The number of thiazole rings is 1. The van der Waals surface area contributed by atoms with Crippen LogP contribution in [0.5, 0.6) is 0 Å². The molecule has 0 aliphatic carbocycles. The fourth-order valence-electron chi connectivity index (χ4n) is 5.02. The standard InChI is InChI=1S/C33H30Cl2N6OS2/c1-23-13-14-25(34)20-29(23)41-31(26-11-5-6-12-27(26)35)37-38-33(41)44-22-30-36-28(21-43-30)32(42)40-18-16-39(17-19-40)15-7-10-24-8-3-2-4-9-24/h2-14,20-21H,15-19,22H2,1H3. The summed E-state index contributed by atoms with van der Waals surface area (Å²) in [6, 6.07) is 23.6. The normalized spacial score (nSPS) is 14.0. The van der Waals surface area contributed by atoms with E-state index in [1.807, 2.05) is 82.4 Å². The molecule has 0 radical (unpaired) electrons. The molecule has 0 spiro atoms. The van der Waals surface area contributed by atoms with Gasteiger partial charge in [0.15, 0.2) is 11.0 Å². The SMILES string of the molecule is Cc1ccc(Cl)cc1-n1c(SCc2nc(C(=O)N3CCN(CC=Cc4ccccc4)CC3)cs2)nnc1-c1ccccc1Cl. The molecule has 11 heteroatoms. The monoisotopic (exact) mass is 660 g/mol. The number of carbonyl (C=O) groups is 1. The van der Waals surface area contributed by atoms with Crippen LogP contribution < -0.4 is 0 Å². The molecule has 0 unspecified atom stereocenters. The molecule has 1 saturated heterocycles. The first kappa shape index (κ1) is 30.6. The minimum absolute atomic E-state index is 0.0179. The molecule has 1 amide bonds. The van der Waals surface area contributed by atoms with Crippen molar-refractivity contribution < 1.29 is 4.79 Å². The summed E-state index contributed by atoms with van der Waals surface area (Å²) in [6.45, 7) is 5.94. The van der Waals surface area contributed by atoms with Crippen molar-refractivity contribution in [3.63, 3.8) is 0 Å². The van der Waals surface area contributed by atoms with Gasteiger partial charge in [0.1, 0.15) is 10.7 Å². The number of halogens is 2. The first-order chi connectivity index (χ1) is 21.5. The third-order valence-corrected chi connectivity index (χ3v) is 9.93. The molecule has 1 aliphatic heterocycles. The highest BCUT2D eigenvalue weighted by molar-refractivity contribution is 7.98. The van der Waals surface area contributed by atoms with E-state index in [1.165, 1.54) is 28.7 Å². The van der Waals surface area contributed by atoms with Crippen LogP contribution in [0, 0.1) is 6.92 Å². The summed E-state index contributed by atoms with van der Waals surface area (Å²) >= 11 is 16.0. The largest absolute Gasteiger partial charge is 0.335 e. The van der Waals surface area contributed by atoms with Crippen LogP contribution in [0.25, 0.3) is 23.2 Å². The van der Waals surface area contributed by atoms with E-state index < -0.39 is 0 Å². The average Bonchev–Trinajstić information content (AvgIpc) is 3.69. The van der Waals surface area contributed by atoms with Crippen molar-refractivity contribution in [3.05, 3.63) is 116 Å². The van der Waals surface area contributed by atoms with Crippen LogP contribution in [0.4, 0.5) is 0 Å². The van der Waals surface area contributed by atoms with Gasteiger partial charge in [-0.15, -0.1) is 21.5 Å². The Morgan fingerprint density at radius 1 is 0.977 bits per heavy atom. The highest BCUT2D eigenvalue weighted by Crippen LogP contribution is 2.35. The zero-order chi connectivity index (χ0) is 30.5. The number of nitrogens with zero attached hydrogens (tertiary/aromatic N) is 6. The Bertz CT molecular complexity index is 1780. The Labute approximate surface area is 275 Å². The second-order valence-corrected chi connectivity index (χ2v) is 13.1. The topological polar surface area (TPSA) is 67.2 Å². The maximum absolute atomic E-state index is 13.3. The van der Waals surface area contributed by atoms with Gasteiger partial charge in [0, 0.05) is 48.7 Å². The van der Waals surface area contributed by atoms with E-state index in [9.17, 15) is 4.79 Å². The zero-order valence-electron chi connectivity index (χ0n) is 24.1. The van der Waals surface area contributed by atoms with Crippen molar-refractivity contribution in [2.45, 2.75) is 17.8 Å². The Hall–Kier alpha value is -3.47. The van der Waals surface area contributed by atoms with Crippen molar-refractivity contribution in [1.29, 1.82) is 0 Å². The number of hydrogen-bond donors (Lipinski definition) is 0. The number of rotatable bonds is 9. The lowest BCUT2D eigenvalue weighted by atomic mass is 10.1. The van der Waals surface area contributed by atoms with Gasteiger partial charge in [-0.3, -0.25) is 14.3 Å². The van der Waals surface area contributed by atoms with Crippen LogP contribution in [0.15, 0.2) is 89.4 Å². The summed E-state index contributed by atoms with van der Waals surface area (Å²) in [6.07, 6.45) is 4.33. The fraction of sp³-hybridized carbons (Fsp3) is 0.212. The van der Waals surface area contributed by atoms with E-state index in [1.54, 1.807) is 0 Å². The van der Waals surface area contributed by atoms with Gasteiger partial charge in [-0.05, 0) is 42.3 Å². The molecule has 0 atom stereocenters. The first-order valence-electron chi connectivity index (χ1n) is 14.2. The predicted octanol–water partition coefficient (Wildman–Crippen LogP) is 7.77. The molecule has 2 aromatic heterocycles. The highest BCUT2D eigenvalue weighted by atomic mass is 35.5. The Morgan fingerprint density at radius 2 is 1.75 bits per heavy atom. The predicted molar refractivity (Wildman–Crippen MR) is 181 cm³/mol. The smallest absolute Gasteiger partial charge is 0.273 e. The van der Waals surface area contributed by atoms with E-state index in [0.717, 1.165) is 41.5 Å². The number of thioether (sulfide) groups is 1. The molecule has 224 valence electrons. The summed E-state index contributed by atoms with van der Waals surface area (Å²) in [5, 5.41) is 13.6. The summed E-state index contributed by atoms with van der Waals surface area (Å²) in [4.78, 5) is 22.2. The van der Waals surface area contributed by atoms with Crippen molar-refractivity contribution >= 4 is 58.3 Å². The molecule has 7 nitrogen and oxygen atoms in total. The maximum atomic E-state index is 13.3. The number of carbonyl (C=O) groups excluding carboxylic acids is 1. The maximum Gasteiger partial charge on any atom is 0.273 e. The third-order valence-electron chi connectivity index (χ3n) is 7.39. The molecule has 3 heterocycles. The first-order valence-corrected chi connectivity index (χ1v) is 16.9. The molecule has 5 aromatic rings. The minimum atomic E-state index is -0.0179. The van der Waals surface area contributed by atoms with Crippen LogP contribution in [0.3, 0.4) is 0 Å². The van der Waals surface area contributed by atoms with Crippen LogP contribution in [-0.2, 0) is 5.75 Å². The number of aryl methyl sites for hydroxylation is 1. The van der Waals surface area contributed by atoms with Crippen LogP contribution >= 0.6 is 46.3 Å². The van der Waals surface area contributed by atoms with Gasteiger partial charge >= 0.3 is 0 Å². The molecular formula is C33H30Cl2N6OS2. The lowest BCUT2D eigenvalue weighted by molar-refractivity contribution is 0.0645. The van der Waals surface area contributed by atoms with E-state index >= 15 is 0 Å². The Balaban J connectivity index is 1.11. The lowest BCUT2D eigenvalue weighted by Crippen LogP contribution is -2.48. The summed E-state index contributed by atoms with van der Waals surface area (Å²) in [5.74, 6) is 1.16. The molecule has 0 bridgehead atoms. The summed E-state index contributed by atoms with van der Waals surface area (Å²) in [7, 11) is 0. The molecule has 0 saturated carbocycles. The zero-order valence-corrected chi connectivity index (χ0v) is 27.2. The fourth-order valence-corrected chi connectivity index (χ4v) is 7.14. The number of aromatic nitrogens is 4. The van der Waals surface area contributed by atoms with Gasteiger partial charge in [-0.2, -0.15) is 0 Å². The Kier molecular flexibility index (Phi) is 9.79. The number of hydrogen-bond acceptors (Lipinski definition) is 7. The quantitative estimate of drug-likeness (QED) is 0.151. The molecule has 44 heavy (non-hydrogen) atoms. The van der Waals surface area contributed by atoms with E-state index in [2.05, 4.69) is 39.4 Å². The highest BCUT2D eigenvalue weighted by Gasteiger charge is 2.24. The van der Waals surface area contributed by atoms with Gasteiger partial charge < -0.3 is 4.90 Å². The molecule has 1 fully saturated rings. The molecular weight excluding hydrogens is 631 g/mol. The van der Waals surface area contributed by atoms with E-state index in [0.29, 0.717) is 45.6 Å². The van der Waals surface area contributed by atoms with Crippen molar-refractivity contribution in [2.24, 2.45) is 0 Å². The average molecular weight is 662 g/mol. The second-order valence-electron chi connectivity index (χ2n) is 10.4. The molecule has 1 aliphatic rings. The molecule has 6 rings (SSSR count). The van der Waals surface area contributed by atoms with Crippen molar-refractivity contribution in [2.75, 3.05) is 32.7 Å². The van der Waals surface area contributed by atoms with Gasteiger partial charge in [0.25, 0.3) is 5.91 Å². The number of benzene rings is 3. The van der Waals surface area contributed by atoms with Gasteiger partial charge in [0.2, 0.25) is 0 Å². The van der Waals surface area contributed by atoms with E-state index in [4.69, 9.17) is 28.2 Å². The summed E-state index contributed by atoms with van der Waals surface area (Å²) < 4.78 is 1.99.